The molecule has 0 radical (unpaired) electrons. The summed E-state index contributed by atoms with van der Waals surface area (Å²) < 4.78 is 5.40. The van der Waals surface area contributed by atoms with Gasteiger partial charge in [0.25, 0.3) is 0 Å². The number of hydrogen-bond acceptors (Lipinski definition) is 8. The van der Waals surface area contributed by atoms with E-state index in [1.165, 1.54) is 0 Å². The number of hydrogen-bond donors (Lipinski definition) is 3. The number of aliphatic hydroxyl groups excluding tert-OH is 2. The van der Waals surface area contributed by atoms with Crippen molar-refractivity contribution >= 4 is 22.7 Å². The standard InChI is InChI=1S/C27H36N4O3S/c1-34-21-5-6-23-22(16-21)26(20(17-28)18-30-23)24(33)7-8-27(19-32)9-12-31(13-10-27)14-15-35-25-4-2-3-11-29-25/h2-6,11,16,18,24,32-33H,7-10,12-15,17,19,28H2,1H3. The fourth-order valence-corrected chi connectivity index (χ4v) is 5.82. The molecular weight excluding hydrogens is 460 g/mol. The molecule has 3 heterocycles. The molecule has 4 rings (SSSR count). The third kappa shape index (κ3) is 6.32. The number of methoxy groups -OCH3 is 1. The number of ether oxygens (including phenoxy) is 1. The number of aliphatic hydroxyl groups is 2. The Morgan fingerprint density at radius 2 is 2.03 bits per heavy atom. The van der Waals surface area contributed by atoms with Crippen LogP contribution in [0, 0.1) is 5.41 Å². The van der Waals surface area contributed by atoms with Crippen molar-refractivity contribution in [3.05, 3.63) is 59.9 Å². The summed E-state index contributed by atoms with van der Waals surface area (Å²) in [6.07, 6.45) is 6.10. The van der Waals surface area contributed by atoms with Crippen LogP contribution in [0.25, 0.3) is 10.9 Å². The Kier molecular flexibility index (Phi) is 8.97. The Morgan fingerprint density at radius 1 is 1.20 bits per heavy atom. The number of pyridine rings is 2. The summed E-state index contributed by atoms with van der Waals surface area (Å²) in [5, 5.41) is 23.5. The predicted molar refractivity (Wildman–Crippen MR) is 141 cm³/mol. The van der Waals surface area contributed by atoms with E-state index < -0.39 is 6.10 Å². The van der Waals surface area contributed by atoms with E-state index in [1.54, 1.807) is 25.1 Å². The molecule has 0 aliphatic carbocycles. The van der Waals surface area contributed by atoms with Crippen LogP contribution in [0.15, 0.2) is 53.8 Å². The van der Waals surface area contributed by atoms with Gasteiger partial charge in [-0.3, -0.25) is 4.98 Å². The average molecular weight is 497 g/mol. The highest BCUT2D eigenvalue weighted by molar-refractivity contribution is 7.99. The van der Waals surface area contributed by atoms with Crippen molar-refractivity contribution in [1.29, 1.82) is 0 Å². The highest BCUT2D eigenvalue weighted by atomic mass is 32.2. The van der Waals surface area contributed by atoms with Gasteiger partial charge in [-0.05, 0) is 85.6 Å². The lowest BCUT2D eigenvalue weighted by atomic mass is 9.74. The van der Waals surface area contributed by atoms with Gasteiger partial charge in [0.1, 0.15) is 5.75 Å². The number of nitrogens with two attached hydrogens (primary N) is 1. The summed E-state index contributed by atoms with van der Waals surface area (Å²) >= 11 is 1.78. The quantitative estimate of drug-likeness (QED) is 0.345. The molecule has 1 saturated heterocycles. The minimum absolute atomic E-state index is 0.144. The Hall–Kier alpha value is -2.23. The van der Waals surface area contributed by atoms with Crippen molar-refractivity contribution < 1.29 is 14.9 Å². The van der Waals surface area contributed by atoms with Crippen LogP contribution in [0.4, 0.5) is 0 Å². The first-order chi connectivity index (χ1) is 17.1. The molecule has 1 atom stereocenters. The Balaban J connectivity index is 1.36. The highest BCUT2D eigenvalue weighted by Crippen LogP contribution is 2.39. The molecule has 1 unspecified atom stereocenters. The number of aromatic nitrogens is 2. The lowest BCUT2D eigenvalue weighted by molar-refractivity contribution is 0.0253. The molecule has 3 aromatic rings. The maximum absolute atomic E-state index is 11.3. The zero-order chi connectivity index (χ0) is 24.7. The van der Waals surface area contributed by atoms with Crippen LogP contribution in [0.2, 0.25) is 0 Å². The predicted octanol–water partition coefficient (Wildman–Crippen LogP) is 3.78. The largest absolute Gasteiger partial charge is 0.497 e. The van der Waals surface area contributed by atoms with Crippen molar-refractivity contribution in [2.75, 3.05) is 39.1 Å². The highest BCUT2D eigenvalue weighted by Gasteiger charge is 2.34. The fraction of sp³-hybridized carbons (Fsp3) is 0.481. The van der Waals surface area contributed by atoms with Crippen molar-refractivity contribution in [1.82, 2.24) is 14.9 Å². The SMILES string of the molecule is COc1ccc2ncc(CN)c(C(O)CCC3(CO)CCN(CCSc4ccccn4)CC3)c2c1. The third-order valence-electron chi connectivity index (χ3n) is 7.25. The maximum atomic E-state index is 11.3. The van der Waals surface area contributed by atoms with Gasteiger partial charge in [0.05, 0.1) is 23.8 Å². The van der Waals surface area contributed by atoms with E-state index in [0.717, 1.165) is 77.5 Å². The zero-order valence-electron chi connectivity index (χ0n) is 20.4. The summed E-state index contributed by atoms with van der Waals surface area (Å²) in [7, 11) is 1.63. The second kappa shape index (κ2) is 12.1. The fourth-order valence-electron chi connectivity index (χ4n) is 4.95. The molecule has 0 spiro atoms. The molecule has 1 fully saturated rings. The smallest absolute Gasteiger partial charge is 0.119 e. The molecule has 1 aromatic carbocycles. The summed E-state index contributed by atoms with van der Waals surface area (Å²) in [6, 6.07) is 11.7. The molecule has 8 heteroatoms. The third-order valence-corrected chi connectivity index (χ3v) is 8.17. The van der Waals surface area contributed by atoms with Gasteiger partial charge in [0.2, 0.25) is 0 Å². The van der Waals surface area contributed by atoms with E-state index in [9.17, 15) is 10.2 Å². The van der Waals surface area contributed by atoms with Gasteiger partial charge in [0.15, 0.2) is 0 Å². The number of thioether (sulfide) groups is 1. The summed E-state index contributed by atoms with van der Waals surface area (Å²) in [5.41, 5.74) is 8.32. The molecular formula is C27H36N4O3S. The normalized spacial score (nSPS) is 16.9. The van der Waals surface area contributed by atoms with Crippen LogP contribution in [-0.2, 0) is 6.54 Å². The molecule has 7 nitrogen and oxygen atoms in total. The van der Waals surface area contributed by atoms with Crippen molar-refractivity contribution in [2.45, 2.75) is 43.4 Å². The number of nitrogens with zero attached hydrogens (tertiary/aromatic N) is 3. The summed E-state index contributed by atoms with van der Waals surface area (Å²) in [4.78, 5) is 11.3. The van der Waals surface area contributed by atoms with Gasteiger partial charge in [0, 0.05) is 43.2 Å². The van der Waals surface area contributed by atoms with Crippen LogP contribution in [0.5, 0.6) is 5.75 Å². The van der Waals surface area contributed by atoms with Crippen molar-refractivity contribution in [2.24, 2.45) is 11.1 Å². The number of benzene rings is 1. The number of fused-ring (bicyclic) bond motifs is 1. The van der Waals surface area contributed by atoms with Gasteiger partial charge < -0.3 is 25.6 Å². The van der Waals surface area contributed by atoms with E-state index in [0.29, 0.717) is 13.0 Å². The first-order valence-corrected chi connectivity index (χ1v) is 13.3. The first-order valence-electron chi connectivity index (χ1n) is 12.3. The summed E-state index contributed by atoms with van der Waals surface area (Å²) in [6.45, 7) is 3.38. The molecule has 0 bridgehead atoms. The Labute approximate surface area is 211 Å². The summed E-state index contributed by atoms with van der Waals surface area (Å²) in [5.74, 6) is 1.73. The monoisotopic (exact) mass is 496 g/mol. The molecule has 0 amide bonds. The minimum atomic E-state index is -0.678. The van der Waals surface area contributed by atoms with Crippen LogP contribution >= 0.6 is 11.8 Å². The first kappa shape index (κ1) is 25.9. The topological polar surface area (TPSA) is 105 Å². The van der Waals surface area contributed by atoms with Gasteiger partial charge in [-0.1, -0.05) is 6.07 Å². The second-order valence-corrected chi connectivity index (χ2v) is 10.5. The van der Waals surface area contributed by atoms with Crippen LogP contribution < -0.4 is 10.5 Å². The maximum Gasteiger partial charge on any atom is 0.119 e. The molecule has 0 saturated carbocycles. The van der Waals surface area contributed by atoms with E-state index >= 15 is 0 Å². The van der Waals surface area contributed by atoms with Crippen LogP contribution in [0.3, 0.4) is 0 Å². The molecule has 1 aliphatic heterocycles. The molecule has 188 valence electrons. The van der Waals surface area contributed by atoms with Gasteiger partial charge in [-0.25, -0.2) is 4.98 Å². The number of piperidine rings is 1. The zero-order valence-corrected chi connectivity index (χ0v) is 21.2. The van der Waals surface area contributed by atoms with Crippen molar-refractivity contribution in [3.8, 4) is 5.75 Å². The van der Waals surface area contributed by atoms with E-state index in [-0.39, 0.29) is 12.0 Å². The average Bonchev–Trinajstić information content (AvgIpc) is 2.92. The van der Waals surface area contributed by atoms with Gasteiger partial charge >= 0.3 is 0 Å². The minimum Gasteiger partial charge on any atom is -0.497 e. The van der Waals surface area contributed by atoms with Gasteiger partial charge in [-0.15, -0.1) is 11.8 Å². The van der Waals surface area contributed by atoms with Crippen molar-refractivity contribution in [3.63, 3.8) is 0 Å². The lowest BCUT2D eigenvalue weighted by Gasteiger charge is -2.41. The van der Waals surface area contributed by atoms with Gasteiger partial charge in [-0.2, -0.15) is 0 Å². The van der Waals surface area contributed by atoms with E-state index in [2.05, 4.69) is 14.9 Å². The van der Waals surface area contributed by atoms with Crippen LogP contribution in [-0.4, -0.2) is 64.2 Å². The Morgan fingerprint density at radius 3 is 2.71 bits per heavy atom. The number of likely N-dealkylation sites (tertiary alicyclic amines) is 1. The Bertz CT molecular complexity index is 1090. The van der Waals surface area contributed by atoms with E-state index in [1.807, 2.05) is 42.6 Å². The number of rotatable bonds is 11. The molecule has 2 aromatic heterocycles. The molecule has 4 N–H and O–H groups in total. The molecule has 35 heavy (non-hydrogen) atoms. The van der Waals surface area contributed by atoms with Crippen LogP contribution in [0.1, 0.15) is 42.9 Å². The second-order valence-electron chi connectivity index (χ2n) is 9.35. The lowest BCUT2D eigenvalue weighted by Crippen LogP contribution is -2.43. The van der Waals surface area contributed by atoms with E-state index in [4.69, 9.17) is 10.5 Å². The molecule has 1 aliphatic rings.